The first kappa shape index (κ1) is 18.4. The van der Waals surface area contributed by atoms with E-state index in [4.69, 9.17) is 14.2 Å². The Kier molecular flexibility index (Phi) is 7.90. The molecule has 0 aromatic heterocycles. The third kappa shape index (κ3) is 4.99. The van der Waals surface area contributed by atoms with Crippen LogP contribution in [-0.4, -0.2) is 50.5 Å². The van der Waals surface area contributed by atoms with Gasteiger partial charge in [-0.2, -0.15) is 11.8 Å². The second-order valence-electron chi connectivity index (χ2n) is 4.59. The maximum Gasteiger partial charge on any atom is 0.320 e. The Morgan fingerprint density at radius 3 is 2.23 bits per heavy atom. The van der Waals surface area contributed by atoms with Gasteiger partial charge in [0.05, 0.1) is 21.3 Å². The number of ether oxygens (including phenoxy) is 3. The number of thioether (sulfide) groups is 1. The van der Waals surface area contributed by atoms with Crippen molar-refractivity contribution in [2.45, 2.75) is 19.0 Å². The van der Waals surface area contributed by atoms with E-state index in [1.165, 1.54) is 0 Å². The Labute approximate surface area is 135 Å². The van der Waals surface area contributed by atoms with E-state index in [1.54, 1.807) is 33.1 Å². The van der Waals surface area contributed by atoms with Crippen LogP contribution in [0.25, 0.3) is 0 Å². The zero-order chi connectivity index (χ0) is 16.5. The van der Waals surface area contributed by atoms with Crippen LogP contribution in [0.4, 0.5) is 0 Å². The maximum atomic E-state index is 11.2. The van der Waals surface area contributed by atoms with Crippen LogP contribution in [0.2, 0.25) is 0 Å². The van der Waals surface area contributed by atoms with Crippen molar-refractivity contribution in [3.63, 3.8) is 0 Å². The molecule has 0 bridgehead atoms. The molecule has 1 aromatic rings. The number of aliphatic carboxylic acids is 1. The molecule has 0 saturated carbocycles. The van der Waals surface area contributed by atoms with Gasteiger partial charge in [0, 0.05) is 6.54 Å². The Bertz CT molecular complexity index is 470. The number of benzene rings is 1. The van der Waals surface area contributed by atoms with E-state index in [0.717, 1.165) is 11.3 Å². The first-order valence-electron chi connectivity index (χ1n) is 6.81. The third-order valence-corrected chi connectivity index (χ3v) is 3.83. The van der Waals surface area contributed by atoms with Gasteiger partial charge < -0.3 is 24.6 Å². The van der Waals surface area contributed by atoms with E-state index in [0.29, 0.717) is 30.2 Å². The third-order valence-electron chi connectivity index (χ3n) is 3.19. The standard InChI is InChI=1S/C15H23NO5S/c1-19-12-7-10(8-13(20-2)14(12)21-3)9-16-11(15(17)18)5-6-22-4/h7-8,11,16H,5-6,9H2,1-4H3,(H,17,18). The summed E-state index contributed by atoms with van der Waals surface area (Å²) in [5.41, 5.74) is 0.866. The largest absolute Gasteiger partial charge is 0.493 e. The molecule has 1 aromatic carbocycles. The molecular formula is C15H23NO5S. The molecular weight excluding hydrogens is 306 g/mol. The second-order valence-corrected chi connectivity index (χ2v) is 5.57. The van der Waals surface area contributed by atoms with E-state index in [2.05, 4.69) is 5.32 Å². The Morgan fingerprint density at radius 1 is 1.23 bits per heavy atom. The molecule has 0 aliphatic rings. The average Bonchev–Trinajstić information content (AvgIpc) is 2.53. The summed E-state index contributed by atoms with van der Waals surface area (Å²) in [4.78, 5) is 11.2. The lowest BCUT2D eigenvalue weighted by Crippen LogP contribution is -2.36. The molecule has 6 nitrogen and oxygen atoms in total. The number of carboxylic acid groups (broad SMARTS) is 1. The summed E-state index contributed by atoms with van der Waals surface area (Å²) in [7, 11) is 4.64. The molecule has 22 heavy (non-hydrogen) atoms. The molecule has 0 radical (unpaired) electrons. The number of carboxylic acids is 1. The topological polar surface area (TPSA) is 77.0 Å². The van der Waals surface area contributed by atoms with Gasteiger partial charge in [0.25, 0.3) is 0 Å². The Morgan fingerprint density at radius 2 is 1.82 bits per heavy atom. The summed E-state index contributed by atoms with van der Waals surface area (Å²) in [6.45, 7) is 0.405. The van der Waals surface area contributed by atoms with Gasteiger partial charge in [-0.05, 0) is 36.1 Å². The molecule has 0 saturated heterocycles. The van der Waals surface area contributed by atoms with Crippen molar-refractivity contribution < 1.29 is 24.1 Å². The molecule has 0 fully saturated rings. The first-order valence-corrected chi connectivity index (χ1v) is 8.20. The molecule has 0 amide bonds. The second kappa shape index (κ2) is 9.42. The van der Waals surface area contributed by atoms with Crippen molar-refractivity contribution in [1.82, 2.24) is 5.32 Å². The summed E-state index contributed by atoms with van der Waals surface area (Å²) in [6.07, 6.45) is 2.53. The van der Waals surface area contributed by atoms with Gasteiger partial charge in [0.2, 0.25) is 5.75 Å². The lowest BCUT2D eigenvalue weighted by Gasteiger charge is -2.17. The van der Waals surface area contributed by atoms with Crippen LogP contribution in [0.3, 0.4) is 0 Å². The summed E-state index contributed by atoms with van der Waals surface area (Å²) < 4.78 is 15.8. The monoisotopic (exact) mass is 329 g/mol. The van der Waals surface area contributed by atoms with Crippen LogP contribution in [0.5, 0.6) is 17.2 Å². The Hall–Kier alpha value is -1.60. The minimum absolute atomic E-state index is 0.405. The molecule has 0 heterocycles. The molecule has 7 heteroatoms. The predicted molar refractivity (Wildman–Crippen MR) is 87.4 cm³/mol. The van der Waals surface area contributed by atoms with Crippen LogP contribution < -0.4 is 19.5 Å². The fourth-order valence-corrected chi connectivity index (χ4v) is 2.50. The van der Waals surface area contributed by atoms with Gasteiger partial charge in [0.1, 0.15) is 6.04 Å². The first-order chi connectivity index (χ1) is 10.6. The predicted octanol–water partition coefficient (Wildman–Crippen LogP) is 2.01. The van der Waals surface area contributed by atoms with E-state index >= 15 is 0 Å². The smallest absolute Gasteiger partial charge is 0.320 e. The zero-order valence-corrected chi connectivity index (χ0v) is 14.2. The van der Waals surface area contributed by atoms with Crippen molar-refractivity contribution in [2.75, 3.05) is 33.3 Å². The van der Waals surface area contributed by atoms with E-state index < -0.39 is 12.0 Å². The SMILES string of the molecule is COc1cc(CNC(CCSC)C(=O)O)cc(OC)c1OC. The van der Waals surface area contributed by atoms with Crippen LogP contribution in [-0.2, 0) is 11.3 Å². The normalized spacial score (nSPS) is 11.8. The van der Waals surface area contributed by atoms with Crippen LogP contribution >= 0.6 is 11.8 Å². The minimum atomic E-state index is -0.846. The number of hydrogen-bond donors (Lipinski definition) is 2. The lowest BCUT2D eigenvalue weighted by atomic mass is 10.1. The number of carbonyl (C=O) groups is 1. The molecule has 0 spiro atoms. The molecule has 1 atom stereocenters. The number of hydrogen-bond acceptors (Lipinski definition) is 6. The number of nitrogens with one attached hydrogen (secondary N) is 1. The van der Waals surface area contributed by atoms with Gasteiger partial charge in [-0.15, -0.1) is 0 Å². The fraction of sp³-hybridized carbons (Fsp3) is 0.533. The minimum Gasteiger partial charge on any atom is -0.493 e. The average molecular weight is 329 g/mol. The van der Waals surface area contributed by atoms with Crippen molar-refractivity contribution in [1.29, 1.82) is 0 Å². The zero-order valence-electron chi connectivity index (χ0n) is 13.3. The van der Waals surface area contributed by atoms with Crippen LogP contribution in [0.15, 0.2) is 12.1 Å². The van der Waals surface area contributed by atoms with Crippen LogP contribution in [0, 0.1) is 0 Å². The highest BCUT2D eigenvalue weighted by Crippen LogP contribution is 2.38. The molecule has 0 aliphatic carbocycles. The van der Waals surface area contributed by atoms with Gasteiger partial charge >= 0.3 is 5.97 Å². The summed E-state index contributed by atoms with van der Waals surface area (Å²) in [5.74, 6) is 1.57. The van der Waals surface area contributed by atoms with Crippen molar-refractivity contribution >= 4 is 17.7 Å². The van der Waals surface area contributed by atoms with Crippen LogP contribution in [0.1, 0.15) is 12.0 Å². The lowest BCUT2D eigenvalue weighted by molar-refractivity contribution is -0.139. The van der Waals surface area contributed by atoms with Gasteiger partial charge in [0.15, 0.2) is 11.5 Å². The van der Waals surface area contributed by atoms with Gasteiger partial charge in [-0.1, -0.05) is 0 Å². The highest BCUT2D eigenvalue weighted by atomic mass is 32.2. The van der Waals surface area contributed by atoms with Crippen molar-refractivity contribution in [3.05, 3.63) is 17.7 Å². The number of methoxy groups -OCH3 is 3. The highest BCUT2D eigenvalue weighted by Gasteiger charge is 2.18. The van der Waals surface area contributed by atoms with Gasteiger partial charge in [-0.25, -0.2) is 0 Å². The molecule has 1 rings (SSSR count). The van der Waals surface area contributed by atoms with E-state index in [1.807, 2.05) is 18.4 Å². The summed E-state index contributed by atoms with van der Waals surface area (Å²) in [5, 5.41) is 12.3. The van der Waals surface area contributed by atoms with E-state index in [9.17, 15) is 9.90 Å². The fourth-order valence-electron chi connectivity index (χ4n) is 2.03. The quantitative estimate of drug-likeness (QED) is 0.680. The van der Waals surface area contributed by atoms with Crippen molar-refractivity contribution in [2.24, 2.45) is 0 Å². The molecule has 0 aliphatic heterocycles. The van der Waals surface area contributed by atoms with Gasteiger partial charge in [-0.3, -0.25) is 4.79 Å². The highest BCUT2D eigenvalue weighted by molar-refractivity contribution is 7.98. The number of rotatable bonds is 10. The molecule has 1 unspecified atom stereocenters. The van der Waals surface area contributed by atoms with E-state index in [-0.39, 0.29) is 0 Å². The Balaban J connectivity index is 2.86. The molecule has 124 valence electrons. The van der Waals surface area contributed by atoms with Crippen molar-refractivity contribution in [3.8, 4) is 17.2 Å². The maximum absolute atomic E-state index is 11.2. The molecule has 2 N–H and O–H groups in total. The summed E-state index contributed by atoms with van der Waals surface area (Å²) >= 11 is 1.63. The summed E-state index contributed by atoms with van der Waals surface area (Å²) in [6, 6.07) is 3.04.